The Hall–Kier alpha value is -4.23. The van der Waals surface area contributed by atoms with Gasteiger partial charge in [0, 0.05) is 22.2 Å². The van der Waals surface area contributed by atoms with Gasteiger partial charge >= 0.3 is 0 Å². The van der Waals surface area contributed by atoms with Crippen LogP contribution in [0, 0.1) is 0 Å². The Kier molecular flexibility index (Phi) is 7.22. The second-order valence-electron chi connectivity index (χ2n) is 12.3. The number of nitrogens with one attached hydrogen (secondary N) is 1. The number of H-pyrrole nitrogens is 1. The van der Waals surface area contributed by atoms with E-state index in [1.54, 1.807) is 0 Å². The molecular weight excluding hydrogens is 567 g/mol. The fraction of sp³-hybridized carbons (Fsp3) is 0.0270. The number of rotatable bonds is 3. The normalized spacial score (nSPS) is 13.6. The van der Waals surface area contributed by atoms with E-state index in [1.165, 1.54) is 0 Å². The van der Waals surface area contributed by atoms with E-state index in [4.69, 9.17) is 78.5 Å². The third-order valence-corrected chi connectivity index (χ3v) is 9.91. The smallest absolute Gasteiger partial charge is 0.113 e. The van der Waals surface area contributed by atoms with E-state index in [-0.39, 0.29) is 54.6 Å². The second-order valence-corrected chi connectivity index (χ2v) is 12.3. The molecule has 8 rings (SSSR count). The first-order valence-electron chi connectivity index (χ1n) is 15.3. The molecule has 1 N–H and O–H groups in total. The first-order chi connectivity index (χ1) is 23.0. The summed E-state index contributed by atoms with van der Waals surface area (Å²) in [5.74, 6) is -0.392. The molecule has 1 aromatic heterocycles. The number of benzene rings is 6. The van der Waals surface area contributed by atoms with Crippen LogP contribution in [0.25, 0.3) is 55.2 Å². The lowest BCUT2D eigenvalue weighted by Gasteiger charge is -2.30. The zero-order valence-electron chi connectivity index (χ0n) is 25.9. The average Bonchev–Trinajstić information content (AvgIpc) is 3.64. The van der Waals surface area contributed by atoms with Crippen molar-refractivity contribution in [1.82, 2.24) is 4.98 Å². The van der Waals surface area contributed by atoms with Gasteiger partial charge in [-0.15, -0.1) is 32.8 Å². The van der Waals surface area contributed by atoms with Crippen LogP contribution in [0.15, 0.2) is 78.9 Å². The molecule has 1 heterocycles. The van der Waals surface area contributed by atoms with E-state index in [1.807, 2.05) is 42.5 Å². The summed E-state index contributed by atoms with van der Waals surface area (Å²) < 4.78 is 0. The monoisotopic (exact) mass is 583 g/mol. The standard InChI is InChI=1S/C37H15B10N/c38-27-25(28(39)32(43)35(46)31(27)42)19-9-5-10-20(26-29(40)33(44)36(47)34(45)30(26)41)22(19)23-16-8-2-1-6-14(16)17-12-13-18-15-7-3-4-11-21(15)48-37(18)24(17)23/h1-13,23,48H. The van der Waals surface area contributed by atoms with Gasteiger partial charge < -0.3 is 4.98 Å². The Morgan fingerprint density at radius 2 is 0.854 bits per heavy atom. The predicted molar refractivity (Wildman–Crippen MR) is 213 cm³/mol. The molecule has 1 aliphatic rings. The van der Waals surface area contributed by atoms with Crippen molar-refractivity contribution in [1.29, 1.82) is 0 Å². The van der Waals surface area contributed by atoms with Gasteiger partial charge in [0.15, 0.2) is 0 Å². The summed E-state index contributed by atoms with van der Waals surface area (Å²) in [5, 5.41) is 2.19. The summed E-state index contributed by atoms with van der Waals surface area (Å²) in [4.78, 5) is 3.72. The van der Waals surface area contributed by atoms with Gasteiger partial charge in [0.25, 0.3) is 0 Å². The molecule has 198 valence electrons. The maximum absolute atomic E-state index is 6.75. The van der Waals surface area contributed by atoms with E-state index in [0.29, 0.717) is 22.3 Å². The minimum Gasteiger partial charge on any atom is -0.354 e. The highest BCUT2D eigenvalue weighted by atomic mass is 14.7. The highest BCUT2D eigenvalue weighted by Gasteiger charge is 2.36. The molecule has 1 aliphatic carbocycles. The number of fused-ring (bicyclic) bond motifs is 7. The number of aromatic amines is 1. The molecule has 20 radical (unpaired) electrons. The Labute approximate surface area is 293 Å². The molecule has 6 aromatic carbocycles. The van der Waals surface area contributed by atoms with Gasteiger partial charge in [0.05, 0.1) is 5.52 Å². The van der Waals surface area contributed by atoms with Crippen molar-refractivity contribution < 1.29 is 0 Å². The third kappa shape index (κ3) is 4.19. The van der Waals surface area contributed by atoms with Crippen molar-refractivity contribution in [2.45, 2.75) is 5.92 Å². The lowest BCUT2D eigenvalue weighted by Crippen LogP contribution is -2.55. The van der Waals surface area contributed by atoms with E-state index in [9.17, 15) is 0 Å². The first-order valence-corrected chi connectivity index (χ1v) is 15.3. The van der Waals surface area contributed by atoms with Crippen LogP contribution in [0.3, 0.4) is 0 Å². The Balaban J connectivity index is 1.59. The van der Waals surface area contributed by atoms with Crippen molar-refractivity contribution in [3.63, 3.8) is 0 Å². The number of para-hydroxylation sites is 1. The Morgan fingerprint density at radius 3 is 1.44 bits per heavy atom. The summed E-state index contributed by atoms with van der Waals surface area (Å²) in [6.45, 7) is 0. The predicted octanol–water partition coefficient (Wildman–Crippen LogP) is -2.25. The van der Waals surface area contributed by atoms with Crippen molar-refractivity contribution in [2.75, 3.05) is 0 Å². The van der Waals surface area contributed by atoms with Crippen LogP contribution in [0.2, 0.25) is 0 Å². The van der Waals surface area contributed by atoms with Crippen molar-refractivity contribution in [2.24, 2.45) is 0 Å². The van der Waals surface area contributed by atoms with Crippen LogP contribution in [0.1, 0.15) is 22.6 Å². The maximum atomic E-state index is 6.75. The molecule has 0 amide bonds. The molecule has 11 heteroatoms. The highest BCUT2D eigenvalue weighted by Crippen LogP contribution is 2.54. The minimum absolute atomic E-state index is 0.121. The van der Waals surface area contributed by atoms with E-state index >= 15 is 0 Å². The minimum atomic E-state index is -0.392. The molecule has 1 atom stereocenters. The number of aromatic nitrogens is 1. The quantitative estimate of drug-likeness (QED) is 0.227. The zero-order chi connectivity index (χ0) is 33.8. The SMILES string of the molecule is [B]c1c([B])c([B])c(-c2cccc(-c3c([B])c([B])c([B])c([B])c3[B])c2C2c3ccccc3-c3ccc4c([nH]c5ccccc54)c32)c([B])c1[B]. The van der Waals surface area contributed by atoms with Gasteiger partial charge in [-0.25, -0.2) is 0 Å². The van der Waals surface area contributed by atoms with Crippen molar-refractivity contribution in [3.8, 4) is 33.4 Å². The molecule has 0 aliphatic heterocycles. The molecule has 0 saturated heterocycles. The lowest BCUT2D eigenvalue weighted by molar-refractivity contribution is 1.03. The molecule has 0 fully saturated rings. The van der Waals surface area contributed by atoms with Gasteiger partial charge in [0.1, 0.15) is 78.5 Å². The Bertz CT molecular complexity index is 2390. The largest absolute Gasteiger partial charge is 0.354 e. The van der Waals surface area contributed by atoms with Crippen LogP contribution in [0.5, 0.6) is 0 Å². The summed E-state index contributed by atoms with van der Waals surface area (Å²) in [6.07, 6.45) is 0. The topological polar surface area (TPSA) is 15.8 Å². The second kappa shape index (κ2) is 11.2. The average molecular weight is 582 g/mol. The molecular formula is C37H15B10N. The first kappa shape index (κ1) is 31.1. The molecule has 1 unspecified atom stereocenters. The number of hydrogen-bond acceptors (Lipinski definition) is 0. The molecule has 0 saturated carbocycles. The van der Waals surface area contributed by atoms with Gasteiger partial charge in [-0.1, -0.05) is 94.6 Å². The molecule has 1 nitrogen and oxygen atoms in total. The van der Waals surface area contributed by atoms with Gasteiger partial charge in [-0.3, -0.25) is 0 Å². The highest BCUT2D eigenvalue weighted by molar-refractivity contribution is 6.70. The van der Waals surface area contributed by atoms with E-state index in [2.05, 4.69) is 41.4 Å². The van der Waals surface area contributed by atoms with Crippen LogP contribution in [0.4, 0.5) is 0 Å². The van der Waals surface area contributed by atoms with Gasteiger partial charge in [0.2, 0.25) is 0 Å². The fourth-order valence-corrected chi connectivity index (χ4v) is 7.52. The number of hydrogen-bond donors (Lipinski definition) is 1. The summed E-state index contributed by atoms with van der Waals surface area (Å²) in [5.41, 5.74) is 10.9. The molecule has 0 spiro atoms. The van der Waals surface area contributed by atoms with E-state index < -0.39 is 5.92 Å². The molecule has 0 bridgehead atoms. The van der Waals surface area contributed by atoms with Crippen molar-refractivity contribution in [3.05, 3.63) is 95.6 Å². The van der Waals surface area contributed by atoms with Crippen LogP contribution < -0.4 is 54.6 Å². The van der Waals surface area contributed by atoms with Crippen LogP contribution in [-0.2, 0) is 0 Å². The third-order valence-electron chi connectivity index (χ3n) is 9.91. The Morgan fingerprint density at radius 1 is 0.375 bits per heavy atom. The van der Waals surface area contributed by atoms with Crippen molar-refractivity contribution >= 4 is 155 Å². The van der Waals surface area contributed by atoms with Crippen LogP contribution in [-0.4, -0.2) is 83.4 Å². The maximum Gasteiger partial charge on any atom is 0.113 e. The van der Waals surface area contributed by atoms with Crippen LogP contribution >= 0.6 is 0 Å². The fourth-order valence-electron chi connectivity index (χ4n) is 7.52. The zero-order valence-corrected chi connectivity index (χ0v) is 25.9. The van der Waals surface area contributed by atoms with Gasteiger partial charge in [-0.05, 0) is 56.1 Å². The van der Waals surface area contributed by atoms with Gasteiger partial charge in [-0.2, -0.15) is 0 Å². The lowest BCUT2D eigenvalue weighted by atomic mass is 9.58. The molecule has 48 heavy (non-hydrogen) atoms. The summed E-state index contributed by atoms with van der Waals surface area (Å²) >= 11 is 0. The summed E-state index contributed by atoms with van der Waals surface area (Å²) in [6, 6.07) is 26.6. The summed E-state index contributed by atoms with van der Waals surface area (Å²) in [7, 11) is 65.2. The van der Waals surface area contributed by atoms with E-state index in [0.717, 1.165) is 49.6 Å². The molecule has 7 aromatic rings.